The number of amides is 1. The SMILES string of the molecule is CCC/C=C\C/C=C\CCCCCCCC(=O)OCCCCCCCCCCCCCCCC/C=C\CCCCCCCCCCCCCCCCCCCC(=O)NC(CO)C(O)CCCCCCCCCCCCCC. The molecule has 0 aliphatic rings. The average Bonchev–Trinajstić information content (AvgIpc) is 3.43. The van der Waals surface area contributed by atoms with Crippen molar-refractivity contribution in [3.63, 3.8) is 0 Å². The number of unbranched alkanes of at least 4 members (excludes halogenated alkanes) is 48. The lowest BCUT2D eigenvalue weighted by atomic mass is 10.0. The minimum atomic E-state index is -0.660. The molecule has 0 spiro atoms. The predicted molar refractivity (Wildman–Crippen MR) is 338 cm³/mol. The topological polar surface area (TPSA) is 95.9 Å². The first-order valence-electron chi connectivity index (χ1n) is 34.7. The van der Waals surface area contributed by atoms with Crippen LogP contribution in [0, 0.1) is 0 Å². The van der Waals surface area contributed by atoms with Crippen LogP contribution in [-0.2, 0) is 14.3 Å². The van der Waals surface area contributed by atoms with Gasteiger partial charge in [0.2, 0.25) is 5.91 Å². The number of hydrogen-bond donors (Lipinski definition) is 3. The lowest BCUT2D eigenvalue weighted by molar-refractivity contribution is -0.143. The molecular weight excluding hydrogens is 947 g/mol. The first-order valence-corrected chi connectivity index (χ1v) is 34.7. The summed E-state index contributed by atoms with van der Waals surface area (Å²) in [5.74, 6) is -0.0254. The number of rotatable bonds is 65. The van der Waals surface area contributed by atoms with E-state index in [1.54, 1.807) is 0 Å². The summed E-state index contributed by atoms with van der Waals surface area (Å²) in [5.41, 5.74) is 0. The highest BCUT2D eigenvalue weighted by atomic mass is 16.5. The number of hydrogen-bond acceptors (Lipinski definition) is 5. The lowest BCUT2D eigenvalue weighted by Gasteiger charge is -2.22. The summed E-state index contributed by atoms with van der Waals surface area (Å²) in [5, 5.41) is 23.3. The highest BCUT2D eigenvalue weighted by molar-refractivity contribution is 5.76. The Labute approximate surface area is 481 Å². The number of carbonyl (C=O) groups is 2. The van der Waals surface area contributed by atoms with Gasteiger partial charge < -0.3 is 20.3 Å². The van der Waals surface area contributed by atoms with Gasteiger partial charge in [-0.2, -0.15) is 0 Å². The molecule has 6 nitrogen and oxygen atoms in total. The smallest absolute Gasteiger partial charge is 0.305 e. The molecule has 0 fully saturated rings. The number of allylic oxidation sites excluding steroid dienone is 6. The molecule has 0 aliphatic heterocycles. The van der Waals surface area contributed by atoms with E-state index in [0.717, 1.165) is 51.4 Å². The number of aliphatic hydroxyl groups is 2. The van der Waals surface area contributed by atoms with Gasteiger partial charge in [-0.25, -0.2) is 0 Å². The van der Waals surface area contributed by atoms with Crippen molar-refractivity contribution < 1.29 is 24.5 Å². The Morgan fingerprint density at radius 3 is 1.05 bits per heavy atom. The van der Waals surface area contributed by atoms with Crippen LogP contribution in [0.1, 0.15) is 380 Å². The average molecular weight is 1080 g/mol. The highest BCUT2D eigenvalue weighted by Gasteiger charge is 2.20. The van der Waals surface area contributed by atoms with Gasteiger partial charge >= 0.3 is 5.97 Å². The molecule has 0 aromatic carbocycles. The largest absolute Gasteiger partial charge is 0.466 e. The Morgan fingerprint density at radius 2 is 0.675 bits per heavy atom. The van der Waals surface area contributed by atoms with Crippen LogP contribution in [0.15, 0.2) is 36.5 Å². The second-order valence-corrected chi connectivity index (χ2v) is 23.9. The number of esters is 1. The summed E-state index contributed by atoms with van der Waals surface area (Å²) in [6.07, 6.45) is 84.9. The third-order valence-electron chi connectivity index (χ3n) is 16.1. The van der Waals surface area contributed by atoms with Gasteiger partial charge in [0.25, 0.3) is 0 Å². The van der Waals surface area contributed by atoms with Gasteiger partial charge in [0.05, 0.1) is 25.4 Å². The second-order valence-electron chi connectivity index (χ2n) is 23.9. The Hall–Kier alpha value is -1.92. The maximum Gasteiger partial charge on any atom is 0.305 e. The van der Waals surface area contributed by atoms with E-state index in [1.165, 1.54) is 295 Å². The van der Waals surface area contributed by atoms with Crippen LogP contribution < -0.4 is 5.32 Å². The number of aliphatic hydroxyl groups excluding tert-OH is 2. The van der Waals surface area contributed by atoms with E-state index in [9.17, 15) is 19.8 Å². The molecule has 454 valence electrons. The summed E-state index contributed by atoms with van der Waals surface area (Å²) in [4.78, 5) is 24.5. The van der Waals surface area contributed by atoms with Gasteiger partial charge in [-0.15, -0.1) is 0 Å². The fourth-order valence-electron chi connectivity index (χ4n) is 10.9. The van der Waals surface area contributed by atoms with Gasteiger partial charge in [0.15, 0.2) is 0 Å². The Kier molecular flexibility index (Phi) is 64.9. The van der Waals surface area contributed by atoms with E-state index in [2.05, 4.69) is 55.6 Å². The normalized spacial score (nSPS) is 12.7. The zero-order valence-corrected chi connectivity index (χ0v) is 52.0. The van der Waals surface area contributed by atoms with E-state index >= 15 is 0 Å². The minimum absolute atomic E-state index is 0.00490. The second kappa shape index (κ2) is 66.6. The van der Waals surface area contributed by atoms with Crippen LogP contribution >= 0.6 is 0 Å². The molecule has 0 radical (unpaired) electrons. The van der Waals surface area contributed by atoms with Crippen molar-refractivity contribution in [1.29, 1.82) is 0 Å². The van der Waals surface area contributed by atoms with Gasteiger partial charge in [-0.3, -0.25) is 9.59 Å². The van der Waals surface area contributed by atoms with Gasteiger partial charge in [0, 0.05) is 12.8 Å². The first kappa shape index (κ1) is 75.1. The summed E-state index contributed by atoms with van der Waals surface area (Å²) < 4.78 is 5.48. The monoisotopic (exact) mass is 1080 g/mol. The van der Waals surface area contributed by atoms with Gasteiger partial charge in [0.1, 0.15) is 0 Å². The molecule has 0 saturated heterocycles. The zero-order chi connectivity index (χ0) is 55.7. The van der Waals surface area contributed by atoms with Crippen molar-refractivity contribution >= 4 is 11.9 Å². The molecule has 3 N–H and O–H groups in total. The molecule has 77 heavy (non-hydrogen) atoms. The summed E-state index contributed by atoms with van der Waals surface area (Å²) in [7, 11) is 0. The van der Waals surface area contributed by atoms with Gasteiger partial charge in [-0.05, 0) is 77.0 Å². The fraction of sp³-hybridized carbons (Fsp3) is 0.887. The Balaban J connectivity index is 3.32. The van der Waals surface area contributed by atoms with Crippen molar-refractivity contribution in [3.8, 4) is 0 Å². The van der Waals surface area contributed by atoms with Crippen molar-refractivity contribution in [2.75, 3.05) is 13.2 Å². The molecule has 2 unspecified atom stereocenters. The molecule has 0 aromatic rings. The predicted octanol–water partition coefficient (Wildman–Crippen LogP) is 22.3. The van der Waals surface area contributed by atoms with Crippen molar-refractivity contribution in [2.24, 2.45) is 0 Å². The van der Waals surface area contributed by atoms with Crippen LogP contribution in [0.25, 0.3) is 0 Å². The molecule has 2 atom stereocenters. The molecule has 0 saturated carbocycles. The number of carbonyl (C=O) groups excluding carboxylic acids is 2. The van der Waals surface area contributed by atoms with Crippen molar-refractivity contribution in [3.05, 3.63) is 36.5 Å². The molecule has 0 bridgehead atoms. The van der Waals surface area contributed by atoms with Crippen LogP contribution in [-0.4, -0.2) is 47.4 Å². The first-order chi connectivity index (χ1) is 38.0. The van der Waals surface area contributed by atoms with Crippen LogP contribution in [0.5, 0.6) is 0 Å². The summed E-state index contributed by atoms with van der Waals surface area (Å²) in [6.45, 7) is 4.90. The van der Waals surface area contributed by atoms with Crippen LogP contribution in [0.2, 0.25) is 0 Å². The molecule has 6 heteroatoms. The molecule has 0 heterocycles. The summed E-state index contributed by atoms with van der Waals surface area (Å²) >= 11 is 0. The molecular formula is C71H135NO5. The van der Waals surface area contributed by atoms with Crippen LogP contribution in [0.4, 0.5) is 0 Å². The van der Waals surface area contributed by atoms with E-state index < -0.39 is 12.1 Å². The van der Waals surface area contributed by atoms with E-state index in [1.807, 2.05) is 0 Å². The standard InChI is InChI=1S/C71H135NO5/c1-3-5-7-9-11-13-15-40-45-49-53-57-61-65-71(76)77-66-62-58-54-50-46-42-39-37-35-33-31-29-27-25-23-21-19-17-18-20-22-24-26-28-30-32-34-36-38-41-44-48-52-56-60-64-70(75)72-68(67-73)69(74)63-59-55-51-47-43-16-14-12-10-8-6-4-2/h7,9,13,15,19,21,68-69,73-74H,3-6,8,10-12,14,16-18,20,22-67H2,1-2H3,(H,72,75)/b9-7-,15-13-,21-19-. The Bertz CT molecular complexity index is 1250. The number of nitrogens with one attached hydrogen (secondary N) is 1. The van der Waals surface area contributed by atoms with Crippen molar-refractivity contribution in [1.82, 2.24) is 5.32 Å². The molecule has 0 aromatic heterocycles. The van der Waals surface area contributed by atoms with E-state index in [0.29, 0.717) is 25.9 Å². The van der Waals surface area contributed by atoms with Crippen molar-refractivity contribution in [2.45, 2.75) is 392 Å². The minimum Gasteiger partial charge on any atom is -0.466 e. The van der Waals surface area contributed by atoms with E-state index in [4.69, 9.17) is 4.74 Å². The highest BCUT2D eigenvalue weighted by Crippen LogP contribution is 2.18. The fourth-order valence-corrected chi connectivity index (χ4v) is 10.9. The molecule has 1 amide bonds. The Morgan fingerprint density at radius 1 is 0.364 bits per heavy atom. The third kappa shape index (κ3) is 63.1. The van der Waals surface area contributed by atoms with Gasteiger partial charge in [-0.1, -0.05) is 326 Å². The molecule has 0 aliphatic carbocycles. The maximum atomic E-state index is 12.5. The van der Waals surface area contributed by atoms with Crippen LogP contribution in [0.3, 0.4) is 0 Å². The summed E-state index contributed by atoms with van der Waals surface area (Å²) in [6, 6.07) is -0.537. The maximum absolute atomic E-state index is 12.5. The quantitative estimate of drug-likeness (QED) is 0.0320. The zero-order valence-electron chi connectivity index (χ0n) is 52.0. The van der Waals surface area contributed by atoms with E-state index in [-0.39, 0.29) is 18.5 Å². The third-order valence-corrected chi connectivity index (χ3v) is 16.1. The lowest BCUT2D eigenvalue weighted by Crippen LogP contribution is -2.45. The number of ether oxygens (including phenoxy) is 1. The molecule has 0 rings (SSSR count).